The monoisotopic (exact) mass is 254 g/mol. The van der Waals surface area contributed by atoms with Crippen LogP contribution in [0, 0.1) is 0 Å². The van der Waals surface area contributed by atoms with E-state index in [-0.39, 0.29) is 0 Å². The highest BCUT2D eigenvalue weighted by atomic mass is 79.9. The lowest BCUT2D eigenvalue weighted by Gasteiger charge is -2.06. The van der Waals surface area contributed by atoms with E-state index in [1.807, 2.05) is 10.7 Å². The lowest BCUT2D eigenvalue weighted by Crippen LogP contribution is -2.02. The maximum Gasteiger partial charge on any atom is 0.139 e. The molecular formula is C9H11BrN4. The van der Waals surface area contributed by atoms with Crippen LogP contribution in [0.2, 0.25) is 0 Å². The summed E-state index contributed by atoms with van der Waals surface area (Å²) in [6.07, 6.45) is 1.70. The van der Waals surface area contributed by atoms with Crippen molar-refractivity contribution >= 4 is 32.7 Å². The van der Waals surface area contributed by atoms with Crippen LogP contribution in [0.3, 0.4) is 0 Å². The number of nitrogen functional groups attached to an aromatic ring is 1. The molecule has 0 aliphatic carbocycles. The van der Waals surface area contributed by atoms with Crippen LogP contribution in [-0.4, -0.2) is 14.8 Å². The average Bonchev–Trinajstić information content (AvgIpc) is 2.45. The van der Waals surface area contributed by atoms with E-state index in [0.717, 1.165) is 15.5 Å². The lowest BCUT2D eigenvalue weighted by atomic mass is 10.3. The van der Waals surface area contributed by atoms with Crippen molar-refractivity contribution in [1.82, 2.24) is 14.8 Å². The first-order chi connectivity index (χ1) is 6.61. The van der Waals surface area contributed by atoms with E-state index in [1.165, 1.54) is 0 Å². The van der Waals surface area contributed by atoms with Gasteiger partial charge in [0.25, 0.3) is 0 Å². The van der Waals surface area contributed by atoms with E-state index in [1.54, 1.807) is 6.20 Å². The minimum absolute atomic E-state index is 0.311. The summed E-state index contributed by atoms with van der Waals surface area (Å²) >= 11 is 3.38. The molecule has 0 unspecified atom stereocenters. The number of pyridine rings is 1. The Morgan fingerprint density at radius 1 is 1.50 bits per heavy atom. The quantitative estimate of drug-likeness (QED) is 0.850. The van der Waals surface area contributed by atoms with Crippen molar-refractivity contribution < 1.29 is 0 Å². The summed E-state index contributed by atoms with van der Waals surface area (Å²) in [5.41, 5.74) is 6.79. The van der Waals surface area contributed by atoms with Crippen LogP contribution in [0.5, 0.6) is 0 Å². The zero-order valence-corrected chi connectivity index (χ0v) is 9.62. The molecule has 74 valence electrons. The molecule has 0 aliphatic rings. The summed E-state index contributed by atoms with van der Waals surface area (Å²) in [6.45, 7) is 4.16. The van der Waals surface area contributed by atoms with Gasteiger partial charge in [0.15, 0.2) is 0 Å². The molecule has 0 radical (unpaired) electrons. The maximum atomic E-state index is 5.78. The van der Waals surface area contributed by atoms with Gasteiger partial charge < -0.3 is 5.73 Å². The van der Waals surface area contributed by atoms with E-state index >= 15 is 0 Å². The molecule has 0 aliphatic heterocycles. The molecule has 2 heterocycles. The SMILES string of the molecule is CC(C)n1nc(Br)c2c(N)nccc21. The Kier molecular flexibility index (Phi) is 2.19. The molecule has 5 heteroatoms. The van der Waals surface area contributed by atoms with Crippen molar-refractivity contribution in [3.05, 3.63) is 16.9 Å². The van der Waals surface area contributed by atoms with Crippen molar-refractivity contribution in [3.8, 4) is 0 Å². The Hall–Kier alpha value is -1.10. The molecule has 0 fully saturated rings. The number of rotatable bonds is 1. The fraction of sp³-hybridized carbons (Fsp3) is 0.333. The van der Waals surface area contributed by atoms with E-state index in [2.05, 4.69) is 39.9 Å². The Balaban J connectivity index is 2.84. The standard InChI is InChI=1S/C9H11BrN4/c1-5(2)14-6-3-4-12-9(11)7(6)8(10)13-14/h3-5H,1-2H3,(H2,11,12). The molecule has 0 saturated carbocycles. The van der Waals surface area contributed by atoms with Gasteiger partial charge in [-0.25, -0.2) is 4.98 Å². The summed E-state index contributed by atoms with van der Waals surface area (Å²) < 4.78 is 2.68. The average molecular weight is 255 g/mol. The van der Waals surface area contributed by atoms with Crippen molar-refractivity contribution in [1.29, 1.82) is 0 Å². The fourth-order valence-corrected chi connectivity index (χ4v) is 2.04. The predicted octanol–water partition coefficient (Wildman–Crippen LogP) is 2.36. The third-order valence-corrected chi connectivity index (χ3v) is 2.65. The first kappa shape index (κ1) is 9.45. The summed E-state index contributed by atoms with van der Waals surface area (Å²) in [5, 5.41) is 5.25. The van der Waals surface area contributed by atoms with Gasteiger partial charge in [-0.05, 0) is 35.8 Å². The van der Waals surface area contributed by atoms with Crippen molar-refractivity contribution in [2.45, 2.75) is 19.9 Å². The number of hydrogen-bond donors (Lipinski definition) is 1. The number of nitrogens with two attached hydrogens (primary N) is 1. The van der Waals surface area contributed by atoms with Crippen LogP contribution < -0.4 is 5.73 Å². The Morgan fingerprint density at radius 2 is 2.21 bits per heavy atom. The molecule has 0 bridgehead atoms. The number of nitrogens with zero attached hydrogens (tertiary/aromatic N) is 3. The van der Waals surface area contributed by atoms with Gasteiger partial charge in [-0.3, -0.25) is 4.68 Å². The minimum atomic E-state index is 0.311. The van der Waals surface area contributed by atoms with Crippen molar-refractivity contribution in [2.24, 2.45) is 0 Å². The zero-order chi connectivity index (χ0) is 10.3. The van der Waals surface area contributed by atoms with Crippen molar-refractivity contribution in [2.75, 3.05) is 5.73 Å². The van der Waals surface area contributed by atoms with Gasteiger partial charge in [-0.2, -0.15) is 5.10 Å². The smallest absolute Gasteiger partial charge is 0.139 e. The lowest BCUT2D eigenvalue weighted by molar-refractivity contribution is 0.548. The molecule has 2 aromatic heterocycles. The van der Waals surface area contributed by atoms with Gasteiger partial charge in [-0.15, -0.1) is 0 Å². The highest BCUT2D eigenvalue weighted by Crippen LogP contribution is 2.28. The number of halogens is 1. The molecule has 0 saturated heterocycles. The molecule has 2 rings (SSSR count). The zero-order valence-electron chi connectivity index (χ0n) is 8.03. The molecule has 0 atom stereocenters. The third-order valence-electron chi connectivity index (χ3n) is 2.10. The van der Waals surface area contributed by atoms with E-state index in [4.69, 9.17) is 5.73 Å². The van der Waals surface area contributed by atoms with Gasteiger partial charge >= 0.3 is 0 Å². The van der Waals surface area contributed by atoms with Gasteiger partial charge in [0.2, 0.25) is 0 Å². The first-order valence-corrected chi connectivity index (χ1v) is 5.18. The van der Waals surface area contributed by atoms with Gasteiger partial charge in [0.05, 0.1) is 10.9 Å². The van der Waals surface area contributed by atoms with Crippen molar-refractivity contribution in [3.63, 3.8) is 0 Å². The highest BCUT2D eigenvalue weighted by Gasteiger charge is 2.12. The van der Waals surface area contributed by atoms with Crippen LogP contribution in [0.1, 0.15) is 19.9 Å². The minimum Gasteiger partial charge on any atom is -0.383 e. The molecular weight excluding hydrogens is 244 g/mol. The third kappa shape index (κ3) is 1.28. The number of hydrogen-bond acceptors (Lipinski definition) is 3. The maximum absolute atomic E-state index is 5.78. The second-order valence-corrected chi connectivity index (χ2v) is 4.17. The molecule has 0 amide bonds. The topological polar surface area (TPSA) is 56.7 Å². The van der Waals surface area contributed by atoms with Crippen LogP contribution >= 0.6 is 15.9 Å². The second kappa shape index (κ2) is 3.24. The summed E-state index contributed by atoms with van der Waals surface area (Å²) in [4.78, 5) is 4.04. The fourth-order valence-electron chi connectivity index (χ4n) is 1.46. The number of aromatic nitrogens is 3. The molecule has 2 aromatic rings. The Bertz CT molecular complexity index is 475. The Morgan fingerprint density at radius 3 is 2.86 bits per heavy atom. The second-order valence-electron chi connectivity index (χ2n) is 3.42. The van der Waals surface area contributed by atoms with E-state index in [9.17, 15) is 0 Å². The highest BCUT2D eigenvalue weighted by molar-refractivity contribution is 9.10. The first-order valence-electron chi connectivity index (χ1n) is 4.39. The number of anilines is 1. The summed E-state index contributed by atoms with van der Waals surface area (Å²) in [7, 11) is 0. The molecule has 4 nitrogen and oxygen atoms in total. The molecule has 14 heavy (non-hydrogen) atoms. The largest absolute Gasteiger partial charge is 0.383 e. The molecule has 0 spiro atoms. The molecule has 0 aromatic carbocycles. The summed E-state index contributed by atoms with van der Waals surface area (Å²) in [5.74, 6) is 0.515. The van der Waals surface area contributed by atoms with Gasteiger partial charge in [0.1, 0.15) is 10.4 Å². The van der Waals surface area contributed by atoms with Crippen LogP contribution in [0.25, 0.3) is 10.9 Å². The predicted molar refractivity (Wildman–Crippen MR) is 60.0 cm³/mol. The number of fused-ring (bicyclic) bond motifs is 1. The Labute approximate surface area is 90.2 Å². The van der Waals surface area contributed by atoms with Crippen LogP contribution in [0.15, 0.2) is 16.9 Å². The van der Waals surface area contributed by atoms with Gasteiger partial charge in [0, 0.05) is 12.2 Å². The summed E-state index contributed by atoms with van der Waals surface area (Å²) in [6, 6.07) is 2.23. The van der Waals surface area contributed by atoms with Gasteiger partial charge in [-0.1, -0.05) is 0 Å². The van der Waals surface area contributed by atoms with Crippen LogP contribution in [0.4, 0.5) is 5.82 Å². The van der Waals surface area contributed by atoms with E-state index < -0.39 is 0 Å². The molecule has 2 N–H and O–H groups in total. The normalized spacial score (nSPS) is 11.4. The van der Waals surface area contributed by atoms with Crippen LogP contribution in [-0.2, 0) is 0 Å². The van der Waals surface area contributed by atoms with E-state index in [0.29, 0.717) is 11.9 Å².